The summed E-state index contributed by atoms with van der Waals surface area (Å²) in [6.45, 7) is 6.67. The lowest BCUT2D eigenvalue weighted by Crippen LogP contribution is -2.27. The first-order valence-electron chi connectivity index (χ1n) is 8.60. The molecule has 2 aromatic carbocycles. The van der Waals surface area contributed by atoms with E-state index in [2.05, 4.69) is 46.6 Å². The zero-order chi connectivity index (χ0) is 19.3. The Morgan fingerprint density at radius 1 is 1.00 bits per heavy atom. The number of rotatable bonds is 6. The second kappa shape index (κ2) is 8.22. The van der Waals surface area contributed by atoms with E-state index in [4.69, 9.17) is 16.3 Å². The minimum absolute atomic E-state index is 0.101. The van der Waals surface area contributed by atoms with Gasteiger partial charge in [0.05, 0.1) is 6.20 Å². The summed E-state index contributed by atoms with van der Waals surface area (Å²) < 4.78 is 5.79. The van der Waals surface area contributed by atoms with Gasteiger partial charge in [0.25, 0.3) is 0 Å². The lowest BCUT2D eigenvalue weighted by Gasteiger charge is -2.20. The van der Waals surface area contributed by atoms with E-state index in [0.717, 1.165) is 17.0 Å². The van der Waals surface area contributed by atoms with Crippen molar-refractivity contribution in [3.05, 3.63) is 65.3 Å². The lowest BCUT2D eigenvalue weighted by atomic mass is 10.1. The highest BCUT2D eigenvalue weighted by Crippen LogP contribution is 2.20. The van der Waals surface area contributed by atoms with Crippen LogP contribution in [-0.4, -0.2) is 20.7 Å². The molecule has 7 heteroatoms. The fourth-order valence-electron chi connectivity index (χ4n) is 2.31. The predicted molar refractivity (Wildman–Crippen MR) is 109 cm³/mol. The Balaban J connectivity index is 1.59. The third-order valence-electron chi connectivity index (χ3n) is 3.49. The Bertz CT molecular complexity index is 876. The second-order valence-electron chi connectivity index (χ2n) is 7.10. The molecule has 3 rings (SSSR count). The quantitative estimate of drug-likeness (QED) is 0.620. The molecule has 0 aliphatic heterocycles. The Hall–Kier alpha value is -2.86. The molecule has 0 atom stereocenters. The summed E-state index contributed by atoms with van der Waals surface area (Å²) in [7, 11) is 0. The molecule has 27 heavy (non-hydrogen) atoms. The van der Waals surface area contributed by atoms with E-state index < -0.39 is 0 Å². The summed E-state index contributed by atoms with van der Waals surface area (Å²) in [6, 6.07) is 15.2. The highest BCUT2D eigenvalue weighted by Gasteiger charge is 2.11. The molecule has 3 aromatic rings. The molecule has 0 fully saturated rings. The molecular weight excluding hydrogens is 362 g/mol. The molecule has 0 aliphatic rings. The van der Waals surface area contributed by atoms with E-state index in [9.17, 15) is 0 Å². The van der Waals surface area contributed by atoms with Crippen LogP contribution in [0, 0.1) is 0 Å². The van der Waals surface area contributed by atoms with Crippen LogP contribution in [0.3, 0.4) is 0 Å². The largest absolute Gasteiger partial charge is 0.489 e. The van der Waals surface area contributed by atoms with E-state index in [1.165, 1.54) is 0 Å². The average Bonchev–Trinajstić information content (AvgIpc) is 2.61. The van der Waals surface area contributed by atoms with Gasteiger partial charge in [-0.15, -0.1) is 5.10 Å². The number of nitrogens with one attached hydrogen (secondary N) is 2. The van der Waals surface area contributed by atoms with Crippen molar-refractivity contribution in [1.82, 2.24) is 15.2 Å². The number of hydrogen-bond acceptors (Lipinski definition) is 6. The van der Waals surface area contributed by atoms with Gasteiger partial charge in [0.2, 0.25) is 5.95 Å². The summed E-state index contributed by atoms with van der Waals surface area (Å²) in [5.74, 6) is 1.87. The fraction of sp³-hybridized carbons (Fsp3) is 0.250. The molecule has 6 nitrogen and oxygen atoms in total. The number of anilines is 3. The van der Waals surface area contributed by atoms with Gasteiger partial charge in [-0.2, -0.15) is 10.1 Å². The topological polar surface area (TPSA) is 72.0 Å². The van der Waals surface area contributed by atoms with Crippen LogP contribution in [0.2, 0.25) is 5.02 Å². The molecule has 0 spiro atoms. The van der Waals surface area contributed by atoms with Gasteiger partial charge in [-0.05, 0) is 62.7 Å². The smallest absolute Gasteiger partial charge is 0.249 e. The van der Waals surface area contributed by atoms with E-state index in [-0.39, 0.29) is 5.54 Å². The molecule has 0 radical (unpaired) electrons. The minimum atomic E-state index is -0.101. The highest BCUT2D eigenvalue weighted by molar-refractivity contribution is 6.30. The van der Waals surface area contributed by atoms with Gasteiger partial charge < -0.3 is 15.4 Å². The van der Waals surface area contributed by atoms with Gasteiger partial charge in [-0.25, -0.2) is 0 Å². The van der Waals surface area contributed by atoms with Crippen LogP contribution in [0.4, 0.5) is 17.5 Å². The summed E-state index contributed by atoms with van der Waals surface area (Å²) >= 11 is 5.89. The van der Waals surface area contributed by atoms with Gasteiger partial charge in [0.1, 0.15) is 12.4 Å². The van der Waals surface area contributed by atoms with Crippen LogP contribution in [0.1, 0.15) is 26.3 Å². The van der Waals surface area contributed by atoms with E-state index in [1.807, 2.05) is 48.5 Å². The molecule has 0 saturated carbocycles. The molecule has 2 N–H and O–H groups in total. The van der Waals surface area contributed by atoms with Crippen molar-refractivity contribution in [3.8, 4) is 5.75 Å². The van der Waals surface area contributed by atoms with Crippen LogP contribution >= 0.6 is 11.6 Å². The first kappa shape index (κ1) is 18.9. The molecule has 1 heterocycles. The molecular formula is C20H22ClN5O. The van der Waals surface area contributed by atoms with Crippen LogP contribution in [0.5, 0.6) is 5.75 Å². The first-order valence-corrected chi connectivity index (χ1v) is 8.97. The second-order valence-corrected chi connectivity index (χ2v) is 7.54. The number of halogens is 1. The van der Waals surface area contributed by atoms with Crippen LogP contribution < -0.4 is 15.4 Å². The van der Waals surface area contributed by atoms with E-state index in [1.54, 1.807) is 6.20 Å². The Labute approximate surface area is 164 Å². The van der Waals surface area contributed by atoms with Crippen molar-refractivity contribution in [1.29, 1.82) is 0 Å². The Morgan fingerprint density at radius 2 is 1.70 bits per heavy atom. The zero-order valence-electron chi connectivity index (χ0n) is 15.5. The van der Waals surface area contributed by atoms with Crippen molar-refractivity contribution in [2.24, 2.45) is 0 Å². The Kier molecular flexibility index (Phi) is 5.76. The molecule has 0 amide bonds. The van der Waals surface area contributed by atoms with Gasteiger partial charge in [-0.1, -0.05) is 23.7 Å². The van der Waals surface area contributed by atoms with Crippen LogP contribution in [-0.2, 0) is 6.61 Å². The molecule has 0 saturated heterocycles. The molecule has 0 bridgehead atoms. The minimum Gasteiger partial charge on any atom is -0.489 e. The number of nitrogens with zero attached hydrogens (tertiary/aromatic N) is 3. The molecule has 0 aliphatic carbocycles. The van der Waals surface area contributed by atoms with Crippen molar-refractivity contribution in [2.75, 3.05) is 10.6 Å². The van der Waals surface area contributed by atoms with E-state index >= 15 is 0 Å². The van der Waals surface area contributed by atoms with Gasteiger partial charge in [0, 0.05) is 16.2 Å². The standard InChI is InChI=1S/C20H22ClN5O/c1-20(2,3)25-18-12-22-26-19(24-18)23-16-8-10-17(11-9-16)27-13-14-4-6-15(21)7-5-14/h4-12H,13H2,1-3H3,(H2,23,24,25,26). The number of benzene rings is 2. The summed E-state index contributed by atoms with van der Waals surface area (Å²) in [5.41, 5.74) is 1.81. The molecule has 1 aromatic heterocycles. The average molecular weight is 384 g/mol. The van der Waals surface area contributed by atoms with Crippen molar-refractivity contribution in [2.45, 2.75) is 32.9 Å². The maximum absolute atomic E-state index is 5.89. The summed E-state index contributed by atoms with van der Waals surface area (Å²) in [6.07, 6.45) is 1.60. The van der Waals surface area contributed by atoms with Gasteiger partial charge >= 0.3 is 0 Å². The normalized spacial score (nSPS) is 11.1. The number of aromatic nitrogens is 3. The summed E-state index contributed by atoms with van der Waals surface area (Å²) in [5, 5.41) is 15.1. The molecule has 140 valence electrons. The third kappa shape index (κ3) is 6.11. The zero-order valence-corrected chi connectivity index (χ0v) is 16.3. The fourth-order valence-corrected chi connectivity index (χ4v) is 2.44. The predicted octanol–water partition coefficient (Wildman–Crippen LogP) is 5.06. The maximum atomic E-state index is 5.89. The van der Waals surface area contributed by atoms with E-state index in [0.29, 0.717) is 23.4 Å². The van der Waals surface area contributed by atoms with Gasteiger partial charge in [0.15, 0.2) is 5.82 Å². The Morgan fingerprint density at radius 3 is 2.37 bits per heavy atom. The lowest BCUT2D eigenvalue weighted by molar-refractivity contribution is 0.306. The van der Waals surface area contributed by atoms with Crippen molar-refractivity contribution >= 4 is 29.1 Å². The number of ether oxygens (including phenoxy) is 1. The SMILES string of the molecule is CC(C)(C)Nc1cnnc(Nc2ccc(OCc3ccc(Cl)cc3)cc2)n1. The highest BCUT2D eigenvalue weighted by atomic mass is 35.5. The number of hydrogen-bond donors (Lipinski definition) is 2. The van der Waals surface area contributed by atoms with Gasteiger partial charge in [-0.3, -0.25) is 0 Å². The van der Waals surface area contributed by atoms with Crippen LogP contribution in [0.25, 0.3) is 0 Å². The summed E-state index contributed by atoms with van der Waals surface area (Å²) in [4.78, 5) is 4.42. The monoisotopic (exact) mass is 383 g/mol. The maximum Gasteiger partial charge on any atom is 0.249 e. The van der Waals surface area contributed by atoms with Crippen molar-refractivity contribution < 1.29 is 4.74 Å². The molecule has 0 unspecified atom stereocenters. The van der Waals surface area contributed by atoms with Crippen molar-refractivity contribution in [3.63, 3.8) is 0 Å². The first-order chi connectivity index (χ1) is 12.9. The van der Waals surface area contributed by atoms with Crippen LogP contribution in [0.15, 0.2) is 54.7 Å². The third-order valence-corrected chi connectivity index (χ3v) is 3.74.